The van der Waals surface area contributed by atoms with Crippen LogP contribution in [-0.2, 0) is 11.2 Å². The van der Waals surface area contributed by atoms with E-state index in [1.165, 1.54) is 11.3 Å². The van der Waals surface area contributed by atoms with Crippen LogP contribution in [0.15, 0.2) is 28.7 Å². The van der Waals surface area contributed by atoms with Crippen LogP contribution in [-0.4, -0.2) is 81.8 Å². The molecule has 0 radical (unpaired) electrons. The molecule has 4 heterocycles. The fourth-order valence-corrected chi connectivity index (χ4v) is 6.55. The summed E-state index contributed by atoms with van der Waals surface area (Å²) in [5.74, 6) is 1.40. The first-order valence-electron chi connectivity index (χ1n) is 10.1. The van der Waals surface area contributed by atoms with Gasteiger partial charge in [0.2, 0.25) is 10.2 Å². The molecule has 2 aliphatic heterocycles. The molecule has 164 valence electrons. The third-order valence-electron chi connectivity index (χ3n) is 5.45. The Morgan fingerprint density at radius 1 is 1.10 bits per heavy atom. The van der Waals surface area contributed by atoms with Gasteiger partial charge in [0.15, 0.2) is 0 Å². The van der Waals surface area contributed by atoms with Crippen molar-refractivity contribution in [3.05, 3.63) is 35.0 Å². The Balaban J connectivity index is 0.00000256. The maximum atomic E-state index is 12.8. The van der Waals surface area contributed by atoms with Gasteiger partial charge < -0.3 is 14.4 Å². The van der Waals surface area contributed by atoms with Crippen LogP contribution in [0.3, 0.4) is 0 Å². The number of hydrogen-bond donors (Lipinski definition) is 0. The lowest BCUT2D eigenvalue weighted by Crippen LogP contribution is -2.47. The number of aromatic nitrogens is 2. The molecule has 1 amide bonds. The summed E-state index contributed by atoms with van der Waals surface area (Å²) in [7, 11) is 0. The lowest BCUT2D eigenvalue weighted by Gasteiger charge is -2.34. The van der Waals surface area contributed by atoms with E-state index in [2.05, 4.69) is 19.8 Å². The molecule has 0 aliphatic carbocycles. The fourth-order valence-electron chi connectivity index (χ4n) is 3.85. The number of hydrogen-bond acceptors (Lipinski definition) is 7. The summed E-state index contributed by atoms with van der Waals surface area (Å²) in [5.41, 5.74) is 0.655. The monoisotopic (exact) mass is 469 g/mol. The van der Waals surface area contributed by atoms with Gasteiger partial charge in [0.25, 0.3) is 5.91 Å². The van der Waals surface area contributed by atoms with Crippen LogP contribution >= 0.6 is 23.7 Å². The molecular formula is C20H28ClN5O2S2. The molecule has 0 spiro atoms. The van der Waals surface area contributed by atoms with Gasteiger partial charge in [-0.15, -0.1) is 12.4 Å². The van der Waals surface area contributed by atoms with Gasteiger partial charge in [-0.25, -0.2) is 9.97 Å². The maximum Gasteiger partial charge on any atom is 0.260 e. The standard InChI is InChI=1S/C20H27N5O2S2.ClH/c1-16-15-17-18(26)24(13-14-29(27)19(17)28-16)8-3-2-7-23-9-11-25(12-10-23)20-21-5-4-6-22-20;/h4-6,15H,2-3,7-14H2,1H3;1H. The second kappa shape index (κ2) is 10.8. The number of fused-ring (bicyclic) bond motifs is 1. The summed E-state index contributed by atoms with van der Waals surface area (Å²) in [5, 5.41) is 0. The van der Waals surface area contributed by atoms with Gasteiger partial charge in [0, 0.05) is 50.0 Å². The van der Waals surface area contributed by atoms with E-state index in [0.29, 0.717) is 17.9 Å². The summed E-state index contributed by atoms with van der Waals surface area (Å²) in [4.78, 5) is 29.1. The maximum absolute atomic E-state index is 12.8. The van der Waals surface area contributed by atoms with Gasteiger partial charge in [0.1, 0.15) is 11.3 Å². The molecule has 1 saturated heterocycles. The topological polar surface area (TPSA) is 75.6 Å². The number of aryl methyl sites for hydroxylation is 1. The first-order valence-corrected chi connectivity index (χ1v) is 12.3. The van der Waals surface area contributed by atoms with Gasteiger partial charge >= 0.3 is 0 Å². The molecule has 2 aromatic heterocycles. The lowest BCUT2D eigenvalue weighted by atomic mass is 10.2. The molecule has 0 aromatic carbocycles. The van der Waals surface area contributed by atoms with Gasteiger partial charge in [-0.1, -0.05) is 11.3 Å². The normalized spacial score (nSPS) is 19.9. The zero-order valence-corrected chi connectivity index (χ0v) is 19.6. The summed E-state index contributed by atoms with van der Waals surface area (Å²) < 4.78 is 13.2. The summed E-state index contributed by atoms with van der Waals surface area (Å²) in [6.45, 7) is 8.25. The Bertz CT molecular complexity index is 830. The SMILES string of the molecule is Cc1cc2c(s1)[S+]([O-])CCN(CCCCN1CCN(c3ncccn3)CC1)C2=O.Cl. The highest BCUT2D eigenvalue weighted by Gasteiger charge is 2.32. The predicted octanol–water partition coefficient (Wildman–Crippen LogP) is 2.43. The second-order valence-corrected chi connectivity index (χ2v) is 10.5. The van der Waals surface area contributed by atoms with Gasteiger partial charge in [-0.05, 0) is 49.6 Å². The van der Waals surface area contributed by atoms with Crippen LogP contribution < -0.4 is 4.90 Å². The number of nitrogens with zero attached hydrogens (tertiary/aromatic N) is 5. The first kappa shape index (κ1) is 23.3. The van der Waals surface area contributed by atoms with E-state index in [9.17, 15) is 9.35 Å². The quantitative estimate of drug-likeness (QED) is 0.477. The minimum absolute atomic E-state index is 0. The van der Waals surface area contributed by atoms with Crippen molar-refractivity contribution in [1.29, 1.82) is 0 Å². The molecular weight excluding hydrogens is 442 g/mol. The van der Waals surface area contributed by atoms with Crippen LogP contribution in [0, 0.1) is 6.92 Å². The van der Waals surface area contributed by atoms with Gasteiger partial charge in [0.05, 0.1) is 6.54 Å². The largest absolute Gasteiger partial charge is 0.611 e. The second-order valence-electron chi connectivity index (χ2n) is 7.48. The molecule has 1 unspecified atom stereocenters. The molecule has 7 nitrogen and oxygen atoms in total. The van der Waals surface area contributed by atoms with E-state index in [-0.39, 0.29) is 18.3 Å². The van der Waals surface area contributed by atoms with Crippen molar-refractivity contribution < 1.29 is 9.35 Å². The van der Waals surface area contributed by atoms with E-state index >= 15 is 0 Å². The number of anilines is 1. The van der Waals surface area contributed by atoms with Crippen molar-refractivity contribution in [3.8, 4) is 0 Å². The molecule has 0 bridgehead atoms. The minimum Gasteiger partial charge on any atom is -0.611 e. The summed E-state index contributed by atoms with van der Waals surface area (Å²) >= 11 is 0.445. The van der Waals surface area contributed by atoms with Crippen molar-refractivity contribution in [2.24, 2.45) is 0 Å². The fraction of sp³-hybridized carbons (Fsp3) is 0.550. The van der Waals surface area contributed by atoms with Crippen LogP contribution in [0.1, 0.15) is 28.1 Å². The van der Waals surface area contributed by atoms with Crippen LogP contribution in [0.5, 0.6) is 0 Å². The van der Waals surface area contributed by atoms with Crippen molar-refractivity contribution in [3.63, 3.8) is 0 Å². The zero-order chi connectivity index (χ0) is 20.2. The Labute approximate surface area is 191 Å². The van der Waals surface area contributed by atoms with E-state index in [1.807, 2.05) is 24.0 Å². The minimum atomic E-state index is -1.05. The summed E-state index contributed by atoms with van der Waals surface area (Å²) in [6, 6.07) is 3.74. The van der Waals surface area contributed by atoms with E-state index in [0.717, 1.165) is 67.1 Å². The van der Waals surface area contributed by atoms with Crippen LogP contribution in [0.25, 0.3) is 0 Å². The van der Waals surface area contributed by atoms with Gasteiger partial charge in [-0.2, -0.15) is 0 Å². The number of carbonyl (C=O) groups is 1. The Kier molecular flexibility index (Phi) is 8.35. The molecule has 2 aromatic rings. The number of unbranched alkanes of at least 4 members (excludes halogenated alkanes) is 1. The van der Waals surface area contributed by atoms with E-state index in [4.69, 9.17) is 0 Å². The average Bonchev–Trinajstić information content (AvgIpc) is 3.11. The highest BCUT2D eigenvalue weighted by molar-refractivity contribution is 7.93. The number of carbonyl (C=O) groups excluding carboxylic acids is 1. The molecule has 0 saturated carbocycles. The number of piperazine rings is 1. The first-order chi connectivity index (χ1) is 14.1. The molecule has 1 fully saturated rings. The molecule has 4 rings (SSSR count). The molecule has 10 heteroatoms. The Morgan fingerprint density at radius 2 is 1.80 bits per heavy atom. The van der Waals surface area contributed by atoms with Crippen molar-refractivity contribution >= 4 is 46.8 Å². The predicted molar refractivity (Wildman–Crippen MR) is 123 cm³/mol. The number of rotatable bonds is 6. The van der Waals surface area contributed by atoms with E-state index in [1.54, 1.807) is 12.4 Å². The molecule has 1 atom stereocenters. The lowest BCUT2D eigenvalue weighted by molar-refractivity contribution is 0.0761. The number of amides is 1. The highest BCUT2D eigenvalue weighted by Crippen LogP contribution is 2.31. The van der Waals surface area contributed by atoms with Crippen molar-refractivity contribution in [2.45, 2.75) is 24.0 Å². The van der Waals surface area contributed by atoms with Crippen LogP contribution in [0.2, 0.25) is 0 Å². The zero-order valence-electron chi connectivity index (χ0n) is 17.2. The molecule has 30 heavy (non-hydrogen) atoms. The van der Waals surface area contributed by atoms with Crippen LogP contribution in [0.4, 0.5) is 5.95 Å². The highest BCUT2D eigenvalue weighted by atomic mass is 35.5. The molecule has 2 aliphatic rings. The third-order valence-corrected chi connectivity index (χ3v) is 8.29. The summed E-state index contributed by atoms with van der Waals surface area (Å²) in [6.07, 6.45) is 5.60. The van der Waals surface area contributed by atoms with Crippen molar-refractivity contribution in [2.75, 3.05) is 56.5 Å². The third kappa shape index (κ3) is 5.45. The number of halogens is 1. The van der Waals surface area contributed by atoms with Crippen molar-refractivity contribution in [1.82, 2.24) is 19.8 Å². The smallest absolute Gasteiger partial charge is 0.260 e. The van der Waals surface area contributed by atoms with Gasteiger partial charge in [-0.3, -0.25) is 9.69 Å². The Morgan fingerprint density at radius 3 is 2.53 bits per heavy atom. The number of thiophene rings is 1. The van der Waals surface area contributed by atoms with E-state index < -0.39 is 11.2 Å². The average molecular weight is 470 g/mol. The Hall–Kier alpha value is -1.39. The molecule has 0 N–H and O–H groups in total.